The lowest BCUT2D eigenvalue weighted by Gasteiger charge is -2.20. The Hall–Kier alpha value is -2.37. The summed E-state index contributed by atoms with van der Waals surface area (Å²) in [5, 5.41) is 10.7. The zero-order valence-electron chi connectivity index (χ0n) is 10.6. The molecule has 1 aliphatic heterocycles. The molecule has 0 unspecified atom stereocenters. The number of ether oxygens (including phenoxy) is 2. The fourth-order valence-corrected chi connectivity index (χ4v) is 1.89. The lowest BCUT2D eigenvalue weighted by atomic mass is 10.0. The smallest absolute Gasteiger partial charge is 0.337 e. The van der Waals surface area contributed by atoms with Crippen LogP contribution in [0.4, 0.5) is 5.69 Å². The largest absolute Gasteiger partial charge is 0.463 e. The molecule has 100 valence electrons. The molecule has 0 aliphatic carbocycles. The molecule has 1 aromatic carbocycles. The zero-order chi connectivity index (χ0) is 14.0. The Morgan fingerprint density at radius 2 is 2.26 bits per heavy atom. The number of fused-ring (bicyclic) bond motifs is 1. The van der Waals surface area contributed by atoms with Gasteiger partial charge in [-0.25, -0.2) is 4.79 Å². The number of hydrogen-bond acceptors (Lipinski definition) is 5. The fourth-order valence-electron chi connectivity index (χ4n) is 1.89. The third-order valence-corrected chi connectivity index (χ3v) is 2.83. The quantitative estimate of drug-likeness (QED) is 0.475. The Labute approximate surface area is 109 Å². The number of allylic oxidation sites excluding steroid dienone is 1. The molecule has 6 nitrogen and oxygen atoms in total. The Morgan fingerprint density at radius 3 is 2.89 bits per heavy atom. The summed E-state index contributed by atoms with van der Waals surface area (Å²) in [7, 11) is 0. The second-order valence-electron chi connectivity index (χ2n) is 4.08. The van der Waals surface area contributed by atoms with Crippen molar-refractivity contribution in [1.82, 2.24) is 0 Å². The molecule has 0 spiro atoms. The molecule has 0 fully saturated rings. The second-order valence-corrected chi connectivity index (χ2v) is 4.08. The van der Waals surface area contributed by atoms with Crippen molar-refractivity contribution in [2.24, 2.45) is 0 Å². The van der Waals surface area contributed by atoms with E-state index in [1.54, 1.807) is 19.9 Å². The van der Waals surface area contributed by atoms with Crippen molar-refractivity contribution in [3.8, 4) is 5.75 Å². The minimum absolute atomic E-state index is 0.0230. The van der Waals surface area contributed by atoms with E-state index in [4.69, 9.17) is 9.47 Å². The first kappa shape index (κ1) is 13.1. The van der Waals surface area contributed by atoms with E-state index in [9.17, 15) is 14.9 Å². The lowest BCUT2D eigenvalue weighted by Crippen LogP contribution is -2.17. The van der Waals surface area contributed by atoms with Gasteiger partial charge >= 0.3 is 5.97 Å². The van der Waals surface area contributed by atoms with Crippen molar-refractivity contribution in [3.63, 3.8) is 0 Å². The van der Waals surface area contributed by atoms with E-state index in [1.165, 1.54) is 12.1 Å². The van der Waals surface area contributed by atoms with Gasteiger partial charge in [-0.05, 0) is 19.9 Å². The second kappa shape index (κ2) is 5.09. The van der Waals surface area contributed by atoms with Crippen molar-refractivity contribution in [3.05, 3.63) is 45.2 Å². The van der Waals surface area contributed by atoms with E-state index in [0.717, 1.165) is 0 Å². The number of nitro groups is 1. The molecule has 6 heteroatoms. The highest BCUT2D eigenvalue weighted by Crippen LogP contribution is 2.33. The van der Waals surface area contributed by atoms with Crippen LogP contribution >= 0.6 is 0 Å². The number of non-ortho nitro benzene ring substituents is 1. The molecule has 0 amide bonds. The van der Waals surface area contributed by atoms with Gasteiger partial charge in [-0.1, -0.05) is 0 Å². The highest BCUT2D eigenvalue weighted by molar-refractivity contribution is 5.90. The summed E-state index contributed by atoms with van der Waals surface area (Å²) in [6.07, 6.45) is 0.279. The van der Waals surface area contributed by atoms with E-state index in [2.05, 4.69) is 0 Å². The van der Waals surface area contributed by atoms with Crippen LogP contribution in [0.5, 0.6) is 5.75 Å². The molecule has 0 atom stereocenters. The molecule has 1 aliphatic rings. The summed E-state index contributed by atoms with van der Waals surface area (Å²) in [5.41, 5.74) is 0.989. The SMILES string of the molecule is CCOC(=O)C1=C(C)Oc2ccc([N+](=O)[O-])cc2C1. The average molecular weight is 263 g/mol. The molecule has 0 saturated heterocycles. The zero-order valence-corrected chi connectivity index (χ0v) is 10.6. The molecule has 0 saturated carbocycles. The van der Waals surface area contributed by atoms with Crippen LogP contribution in [0.15, 0.2) is 29.5 Å². The van der Waals surface area contributed by atoms with Crippen LogP contribution in [-0.4, -0.2) is 17.5 Å². The van der Waals surface area contributed by atoms with Crippen molar-refractivity contribution in [2.45, 2.75) is 20.3 Å². The van der Waals surface area contributed by atoms with Gasteiger partial charge in [0.1, 0.15) is 11.5 Å². The van der Waals surface area contributed by atoms with Crippen molar-refractivity contribution in [2.75, 3.05) is 6.61 Å². The first-order chi connectivity index (χ1) is 9.02. The topological polar surface area (TPSA) is 78.7 Å². The summed E-state index contributed by atoms with van der Waals surface area (Å²) >= 11 is 0. The summed E-state index contributed by atoms with van der Waals surface area (Å²) in [6.45, 7) is 3.67. The Kier molecular flexibility index (Phi) is 3.50. The van der Waals surface area contributed by atoms with Crippen LogP contribution < -0.4 is 4.74 Å². The number of esters is 1. The fraction of sp³-hybridized carbons (Fsp3) is 0.308. The van der Waals surface area contributed by atoms with E-state index in [-0.39, 0.29) is 18.7 Å². The van der Waals surface area contributed by atoms with Crippen molar-refractivity contribution < 1.29 is 19.2 Å². The number of hydrogen-bond donors (Lipinski definition) is 0. The molecule has 0 aromatic heterocycles. The number of carbonyl (C=O) groups excluding carboxylic acids is 1. The van der Waals surface area contributed by atoms with Gasteiger partial charge in [0, 0.05) is 24.1 Å². The molecular formula is C13H13NO5. The molecule has 0 radical (unpaired) electrons. The van der Waals surface area contributed by atoms with Crippen molar-refractivity contribution in [1.29, 1.82) is 0 Å². The van der Waals surface area contributed by atoms with Crippen LogP contribution in [0.25, 0.3) is 0 Å². The molecular weight excluding hydrogens is 250 g/mol. The van der Waals surface area contributed by atoms with Gasteiger partial charge in [-0.2, -0.15) is 0 Å². The number of rotatable bonds is 3. The van der Waals surface area contributed by atoms with Gasteiger partial charge < -0.3 is 9.47 Å². The maximum absolute atomic E-state index is 11.7. The van der Waals surface area contributed by atoms with Gasteiger partial charge in [-0.3, -0.25) is 10.1 Å². The predicted octanol–water partition coefficient (Wildman–Crippen LogP) is 2.37. The van der Waals surface area contributed by atoms with E-state index in [0.29, 0.717) is 22.6 Å². The minimum Gasteiger partial charge on any atom is -0.463 e. The standard InChI is InChI=1S/C13H13NO5/c1-3-18-13(15)11-7-9-6-10(14(16)17)4-5-12(9)19-8(11)2/h4-6H,3,7H2,1-2H3. The third kappa shape index (κ3) is 2.57. The predicted molar refractivity (Wildman–Crippen MR) is 66.8 cm³/mol. The summed E-state index contributed by atoms with van der Waals surface area (Å²) in [4.78, 5) is 22.0. The molecule has 0 N–H and O–H groups in total. The van der Waals surface area contributed by atoms with E-state index >= 15 is 0 Å². The van der Waals surface area contributed by atoms with Crippen LogP contribution in [0.1, 0.15) is 19.4 Å². The Balaban J connectivity index is 2.33. The monoisotopic (exact) mass is 263 g/mol. The molecule has 1 heterocycles. The Morgan fingerprint density at radius 1 is 1.53 bits per heavy atom. The number of nitrogens with zero attached hydrogens (tertiary/aromatic N) is 1. The van der Waals surface area contributed by atoms with Gasteiger partial charge in [0.05, 0.1) is 17.1 Å². The van der Waals surface area contributed by atoms with Crippen LogP contribution in [0, 0.1) is 10.1 Å². The number of benzene rings is 1. The summed E-state index contributed by atoms with van der Waals surface area (Å²) in [5.74, 6) is 0.563. The van der Waals surface area contributed by atoms with E-state index < -0.39 is 10.9 Å². The molecule has 19 heavy (non-hydrogen) atoms. The molecule has 2 rings (SSSR count). The minimum atomic E-state index is -0.477. The maximum Gasteiger partial charge on any atom is 0.337 e. The first-order valence-corrected chi connectivity index (χ1v) is 5.85. The van der Waals surface area contributed by atoms with Gasteiger partial charge in [-0.15, -0.1) is 0 Å². The van der Waals surface area contributed by atoms with Crippen LogP contribution in [0.3, 0.4) is 0 Å². The summed E-state index contributed by atoms with van der Waals surface area (Å²) in [6, 6.07) is 4.33. The van der Waals surface area contributed by atoms with E-state index in [1.807, 2.05) is 0 Å². The first-order valence-electron chi connectivity index (χ1n) is 5.85. The third-order valence-electron chi connectivity index (χ3n) is 2.83. The lowest BCUT2D eigenvalue weighted by molar-refractivity contribution is -0.384. The highest BCUT2D eigenvalue weighted by atomic mass is 16.6. The molecule has 1 aromatic rings. The van der Waals surface area contributed by atoms with Gasteiger partial charge in [0.15, 0.2) is 0 Å². The average Bonchev–Trinajstić information content (AvgIpc) is 2.37. The van der Waals surface area contributed by atoms with Crippen molar-refractivity contribution >= 4 is 11.7 Å². The summed E-state index contributed by atoms with van der Waals surface area (Å²) < 4.78 is 10.4. The van der Waals surface area contributed by atoms with Gasteiger partial charge in [0.2, 0.25) is 0 Å². The normalized spacial score (nSPS) is 13.6. The molecule has 0 bridgehead atoms. The number of nitro benzene ring substituents is 1. The number of carbonyl (C=O) groups is 1. The van der Waals surface area contributed by atoms with Crippen LogP contribution in [-0.2, 0) is 16.0 Å². The highest BCUT2D eigenvalue weighted by Gasteiger charge is 2.25. The van der Waals surface area contributed by atoms with Crippen LogP contribution in [0.2, 0.25) is 0 Å². The Bertz CT molecular complexity index is 576. The maximum atomic E-state index is 11.7. The van der Waals surface area contributed by atoms with Gasteiger partial charge in [0.25, 0.3) is 5.69 Å².